The van der Waals surface area contributed by atoms with Crippen LogP contribution in [0.3, 0.4) is 0 Å². The van der Waals surface area contributed by atoms with Crippen molar-refractivity contribution in [2.24, 2.45) is 0 Å². The minimum atomic E-state index is -0.0411. The highest BCUT2D eigenvalue weighted by Gasteiger charge is 2.27. The molecule has 0 saturated heterocycles. The average Bonchev–Trinajstić information content (AvgIpc) is 2.98. The Bertz CT molecular complexity index is 683. The van der Waals surface area contributed by atoms with Gasteiger partial charge in [0, 0.05) is 12.0 Å². The number of carbonyl (C=O) groups excluding carboxylic acids is 1. The van der Waals surface area contributed by atoms with Crippen LogP contribution in [0.1, 0.15) is 78.7 Å². The van der Waals surface area contributed by atoms with Gasteiger partial charge in [0.05, 0.1) is 5.69 Å². The largest absolute Gasteiger partial charge is 0.360 e. The highest BCUT2D eigenvalue weighted by Crippen LogP contribution is 2.33. The van der Waals surface area contributed by atoms with E-state index in [1.807, 2.05) is 20.8 Å². The van der Waals surface area contributed by atoms with Crippen molar-refractivity contribution in [1.82, 2.24) is 10.5 Å². The molecule has 128 valence electrons. The summed E-state index contributed by atoms with van der Waals surface area (Å²) in [6.45, 7) is 5.86. The van der Waals surface area contributed by atoms with Crippen LogP contribution >= 0.6 is 0 Å². The van der Waals surface area contributed by atoms with E-state index in [0.717, 1.165) is 25.7 Å². The summed E-state index contributed by atoms with van der Waals surface area (Å²) < 4.78 is 5.33. The predicted molar refractivity (Wildman–Crippen MR) is 94.2 cm³/mol. The van der Waals surface area contributed by atoms with Crippen LogP contribution < -0.4 is 5.32 Å². The van der Waals surface area contributed by atoms with Crippen LogP contribution in [0.5, 0.6) is 0 Å². The highest BCUT2D eigenvalue weighted by molar-refractivity contribution is 5.96. The SMILES string of the molecule is Cc1noc(C(C)C)c1C(=O)NC1CCC(c2ccccc2)CC1. The van der Waals surface area contributed by atoms with Crippen molar-refractivity contribution in [2.75, 3.05) is 0 Å². The Labute approximate surface area is 143 Å². The van der Waals surface area contributed by atoms with Gasteiger partial charge in [-0.1, -0.05) is 49.3 Å². The molecule has 0 atom stereocenters. The van der Waals surface area contributed by atoms with Crippen LogP contribution in [0, 0.1) is 6.92 Å². The van der Waals surface area contributed by atoms with Gasteiger partial charge in [0.25, 0.3) is 5.91 Å². The van der Waals surface area contributed by atoms with Crippen molar-refractivity contribution in [2.45, 2.75) is 64.3 Å². The van der Waals surface area contributed by atoms with Crippen molar-refractivity contribution >= 4 is 5.91 Å². The molecule has 1 aromatic carbocycles. The third-order valence-electron chi connectivity index (χ3n) is 4.97. The molecule has 1 saturated carbocycles. The molecule has 1 amide bonds. The molecule has 0 aliphatic heterocycles. The van der Waals surface area contributed by atoms with E-state index >= 15 is 0 Å². The third kappa shape index (κ3) is 3.53. The topological polar surface area (TPSA) is 55.1 Å². The molecule has 4 nitrogen and oxygen atoms in total. The molecule has 1 aliphatic carbocycles. The van der Waals surface area contributed by atoms with E-state index < -0.39 is 0 Å². The molecule has 2 aromatic rings. The number of nitrogens with zero attached hydrogens (tertiary/aromatic N) is 1. The number of nitrogens with one attached hydrogen (secondary N) is 1. The van der Waals surface area contributed by atoms with Gasteiger partial charge in [-0.05, 0) is 44.1 Å². The summed E-state index contributed by atoms with van der Waals surface area (Å²) in [4.78, 5) is 12.7. The van der Waals surface area contributed by atoms with Crippen LogP contribution in [0.15, 0.2) is 34.9 Å². The van der Waals surface area contributed by atoms with Crippen molar-refractivity contribution in [3.63, 3.8) is 0 Å². The van der Waals surface area contributed by atoms with Gasteiger partial charge in [0.1, 0.15) is 5.56 Å². The van der Waals surface area contributed by atoms with E-state index in [1.54, 1.807) is 0 Å². The Morgan fingerprint density at radius 2 is 1.83 bits per heavy atom. The number of carbonyl (C=O) groups is 1. The number of hydrogen-bond donors (Lipinski definition) is 1. The Morgan fingerprint density at radius 1 is 1.17 bits per heavy atom. The van der Waals surface area contributed by atoms with E-state index in [0.29, 0.717) is 22.9 Å². The molecule has 1 aromatic heterocycles. The average molecular weight is 326 g/mol. The normalized spacial score (nSPS) is 21.0. The van der Waals surface area contributed by atoms with E-state index in [1.165, 1.54) is 5.56 Å². The Balaban J connectivity index is 1.60. The van der Waals surface area contributed by atoms with Crippen molar-refractivity contribution in [3.8, 4) is 0 Å². The molecule has 24 heavy (non-hydrogen) atoms. The number of aryl methyl sites for hydroxylation is 1. The summed E-state index contributed by atoms with van der Waals surface area (Å²) in [5, 5.41) is 7.16. The Hall–Kier alpha value is -2.10. The number of rotatable bonds is 4. The first-order chi connectivity index (χ1) is 11.6. The zero-order valence-electron chi connectivity index (χ0n) is 14.7. The van der Waals surface area contributed by atoms with Gasteiger partial charge in [-0.2, -0.15) is 0 Å². The lowest BCUT2D eigenvalue weighted by molar-refractivity contribution is 0.0922. The zero-order valence-corrected chi connectivity index (χ0v) is 14.7. The fraction of sp³-hybridized carbons (Fsp3) is 0.500. The minimum absolute atomic E-state index is 0.0411. The van der Waals surface area contributed by atoms with Gasteiger partial charge in [0.2, 0.25) is 0 Å². The lowest BCUT2D eigenvalue weighted by Crippen LogP contribution is -2.37. The molecule has 0 bridgehead atoms. The molecule has 1 heterocycles. The monoisotopic (exact) mass is 326 g/mol. The lowest BCUT2D eigenvalue weighted by atomic mass is 9.81. The van der Waals surface area contributed by atoms with Crippen LogP contribution in [0.2, 0.25) is 0 Å². The first-order valence-electron chi connectivity index (χ1n) is 8.88. The molecule has 0 radical (unpaired) electrons. The summed E-state index contributed by atoms with van der Waals surface area (Å²) >= 11 is 0. The van der Waals surface area contributed by atoms with Gasteiger partial charge in [0.15, 0.2) is 5.76 Å². The molecule has 1 aliphatic rings. The molecule has 0 unspecified atom stereocenters. The highest BCUT2D eigenvalue weighted by atomic mass is 16.5. The van der Waals surface area contributed by atoms with E-state index in [4.69, 9.17) is 4.52 Å². The lowest BCUT2D eigenvalue weighted by Gasteiger charge is -2.29. The Morgan fingerprint density at radius 3 is 2.46 bits per heavy atom. The van der Waals surface area contributed by atoms with Crippen molar-refractivity contribution in [3.05, 3.63) is 52.9 Å². The van der Waals surface area contributed by atoms with Gasteiger partial charge < -0.3 is 9.84 Å². The maximum Gasteiger partial charge on any atom is 0.257 e. The summed E-state index contributed by atoms with van der Waals surface area (Å²) in [6, 6.07) is 10.9. The quantitative estimate of drug-likeness (QED) is 0.896. The maximum atomic E-state index is 12.7. The standard InChI is InChI=1S/C20H26N2O2/c1-13(2)19-18(14(3)22-24-19)20(23)21-17-11-9-16(10-12-17)15-7-5-4-6-8-15/h4-8,13,16-17H,9-12H2,1-3H3,(H,21,23). The molecule has 3 rings (SSSR count). The summed E-state index contributed by atoms with van der Waals surface area (Å²) in [6.07, 6.45) is 4.28. The molecular formula is C20H26N2O2. The second-order valence-electron chi connectivity index (χ2n) is 7.09. The first kappa shape index (κ1) is 16.7. The molecule has 1 N–H and O–H groups in total. The first-order valence-corrected chi connectivity index (χ1v) is 8.88. The number of aromatic nitrogens is 1. The predicted octanol–water partition coefficient (Wildman–Crippen LogP) is 4.56. The maximum absolute atomic E-state index is 12.7. The molecular weight excluding hydrogens is 300 g/mol. The number of hydrogen-bond acceptors (Lipinski definition) is 3. The van der Waals surface area contributed by atoms with E-state index in [-0.39, 0.29) is 17.9 Å². The number of benzene rings is 1. The summed E-state index contributed by atoms with van der Waals surface area (Å²) in [5.74, 6) is 1.41. The second-order valence-corrected chi connectivity index (χ2v) is 7.09. The summed E-state index contributed by atoms with van der Waals surface area (Å²) in [5.41, 5.74) is 2.71. The Kier molecular flexibility index (Phi) is 5.03. The van der Waals surface area contributed by atoms with Crippen LogP contribution in [0.25, 0.3) is 0 Å². The van der Waals surface area contributed by atoms with E-state index in [2.05, 4.69) is 40.8 Å². The molecule has 1 fully saturated rings. The van der Waals surface area contributed by atoms with Gasteiger partial charge in [-0.25, -0.2) is 0 Å². The van der Waals surface area contributed by atoms with Crippen LogP contribution in [-0.2, 0) is 0 Å². The van der Waals surface area contributed by atoms with E-state index in [9.17, 15) is 4.79 Å². The van der Waals surface area contributed by atoms with Crippen LogP contribution in [0.4, 0.5) is 0 Å². The van der Waals surface area contributed by atoms with Crippen LogP contribution in [-0.4, -0.2) is 17.1 Å². The molecule has 4 heteroatoms. The minimum Gasteiger partial charge on any atom is -0.360 e. The number of amides is 1. The third-order valence-corrected chi connectivity index (χ3v) is 4.97. The fourth-order valence-electron chi connectivity index (χ4n) is 3.61. The van der Waals surface area contributed by atoms with Gasteiger partial charge >= 0.3 is 0 Å². The van der Waals surface area contributed by atoms with Crippen molar-refractivity contribution < 1.29 is 9.32 Å². The van der Waals surface area contributed by atoms with Gasteiger partial charge in [-0.15, -0.1) is 0 Å². The zero-order chi connectivity index (χ0) is 17.1. The second kappa shape index (κ2) is 7.20. The molecule has 0 spiro atoms. The fourth-order valence-corrected chi connectivity index (χ4v) is 3.61. The van der Waals surface area contributed by atoms with Gasteiger partial charge in [-0.3, -0.25) is 4.79 Å². The summed E-state index contributed by atoms with van der Waals surface area (Å²) in [7, 11) is 0. The smallest absolute Gasteiger partial charge is 0.257 e. The van der Waals surface area contributed by atoms with Crippen molar-refractivity contribution in [1.29, 1.82) is 0 Å².